The van der Waals surface area contributed by atoms with Gasteiger partial charge in [0.25, 0.3) is 0 Å². The zero-order valence-electron chi connectivity index (χ0n) is 13.6. The Morgan fingerprint density at radius 1 is 1.32 bits per heavy atom. The third-order valence-electron chi connectivity index (χ3n) is 4.40. The molecule has 4 nitrogen and oxygen atoms in total. The van der Waals surface area contributed by atoms with E-state index < -0.39 is 6.04 Å². The molecule has 1 heterocycles. The molecule has 3 N–H and O–H groups in total. The Bertz CT molecular complexity index is 441. The van der Waals surface area contributed by atoms with Crippen LogP contribution in [-0.4, -0.2) is 42.5 Å². The van der Waals surface area contributed by atoms with Crippen LogP contribution in [0.2, 0.25) is 0 Å². The summed E-state index contributed by atoms with van der Waals surface area (Å²) in [5.74, 6) is -0.0177. The van der Waals surface area contributed by atoms with Crippen LogP contribution in [0.25, 0.3) is 0 Å². The molecule has 0 saturated carbocycles. The van der Waals surface area contributed by atoms with Crippen LogP contribution in [0.3, 0.4) is 0 Å². The highest BCUT2D eigenvalue weighted by Gasteiger charge is 2.22. The number of carbonyl (C=O) groups is 1. The van der Waals surface area contributed by atoms with Crippen LogP contribution in [0.5, 0.6) is 0 Å². The summed E-state index contributed by atoms with van der Waals surface area (Å²) in [6, 6.07) is 9.78. The molecule has 1 aliphatic heterocycles. The average molecular weight is 303 g/mol. The fourth-order valence-corrected chi connectivity index (χ4v) is 2.95. The van der Waals surface area contributed by atoms with Crippen LogP contribution < -0.4 is 11.1 Å². The van der Waals surface area contributed by atoms with E-state index in [0.717, 1.165) is 31.5 Å². The van der Waals surface area contributed by atoms with Crippen LogP contribution in [-0.2, 0) is 11.2 Å². The number of hydrogen-bond donors (Lipinski definition) is 2. The first-order valence-electron chi connectivity index (χ1n) is 8.51. The molecule has 122 valence electrons. The Morgan fingerprint density at radius 2 is 2.00 bits per heavy atom. The lowest BCUT2D eigenvalue weighted by Crippen LogP contribution is -2.50. The first-order chi connectivity index (χ1) is 10.7. The SMILES string of the molecule is CCCCN1CCC(NC(=O)C(N)Cc2ccccc2)CC1. The highest BCUT2D eigenvalue weighted by atomic mass is 16.2. The maximum absolute atomic E-state index is 12.2. The van der Waals surface area contributed by atoms with Gasteiger partial charge in [-0.2, -0.15) is 0 Å². The number of likely N-dealkylation sites (tertiary alicyclic amines) is 1. The molecule has 0 aromatic heterocycles. The number of nitrogens with two attached hydrogens (primary N) is 1. The van der Waals surface area contributed by atoms with Crippen LogP contribution >= 0.6 is 0 Å². The smallest absolute Gasteiger partial charge is 0.237 e. The van der Waals surface area contributed by atoms with Crippen LogP contribution in [0, 0.1) is 0 Å². The third-order valence-corrected chi connectivity index (χ3v) is 4.40. The number of hydrogen-bond acceptors (Lipinski definition) is 3. The minimum Gasteiger partial charge on any atom is -0.352 e. The van der Waals surface area contributed by atoms with Crippen molar-refractivity contribution in [3.8, 4) is 0 Å². The summed E-state index contributed by atoms with van der Waals surface area (Å²) in [4.78, 5) is 14.7. The summed E-state index contributed by atoms with van der Waals surface area (Å²) in [6.07, 6.45) is 5.17. The van der Waals surface area contributed by atoms with Crippen molar-refractivity contribution in [2.24, 2.45) is 5.73 Å². The van der Waals surface area contributed by atoms with Crippen molar-refractivity contribution < 1.29 is 4.79 Å². The van der Waals surface area contributed by atoms with Crippen LogP contribution in [0.4, 0.5) is 0 Å². The fraction of sp³-hybridized carbons (Fsp3) is 0.611. The van der Waals surface area contributed by atoms with Gasteiger partial charge in [-0.25, -0.2) is 0 Å². The first kappa shape index (κ1) is 17.0. The lowest BCUT2D eigenvalue weighted by atomic mass is 10.0. The van der Waals surface area contributed by atoms with Gasteiger partial charge in [0.2, 0.25) is 5.91 Å². The zero-order chi connectivity index (χ0) is 15.8. The van der Waals surface area contributed by atoms with E-state index in [1.165, 1.54) is 19.4 Å². The molecular formula is C18H29N3O. The highest BCUT2D eigenvalue weighted by molar-refractivity contribution is 5.82. The lowest BCUT2D eigenvalue weighted by Gasteiger charge is -2.32. The Labute approximate surface area is 134 Å². The maximum Gasteiger partial charge on any atom is 0.237 e. The van der Waals surface area contributed by atoms with Gasteiger partial charge >= 0.3 is 0 Å². The van der Waals surface area contributed by atoms with Crippen molar-refractivity contribution >= 4 is 5.91 Å². The second-order valence-corrected chi connectivity index (χ2v) is 6.27. The van der Waals surface area contributed by atoms with Gasteiger partial charge in [-0.3, -0.25) is 4.79 Å². The van der Waals surface area contributed by atoms with E-state index in [2.05, 4.69) is 17.1 Å². The topological polar surface area (TPSA) is 58.4 Å². The number of nitrogens with zero attached hydrogens (tertiary/aromatic N) is 1. The number of piperidine rings is 1. The summed E-state index contributed by atoms with van der Waals surface area (Å²) < 4.78 is 0. The quantitative estimate of drug-likeness (QED) is 0.809. The molecule has 1 saturated heterocycles. The van der Waals surface area contributed by atoms with Crippen molar-refractivity contribution in [2.75, 3.05) is 19.6 Å². The molecule has 0 aliphatic carbocycles. The summed E-state index contributed by atoms with van der Waals surface area (Å²) in [5.41, 5.74) is 7.15. The average Bonchev–Trinajstić information content (AvgIpc) is 2.55. The van der Waals surface area contributed by atoms with Gasteiger partial charge in [0.05, 0.1) is 6.04 Å². The molecule has 22 heavy (non-hydrogen) atoms. The fourth-order valence-electron chi connectivity index (χ4n) is 2.95. The summed E-state index contributed by atoms with van der Waals surface area (Å²) >= 11 is 0. The molecule has 1 amide bonds. The predicted molar refractivity (Wildman–Crippen MR) is 90.6 cm³/mol. The maximum atomic E-state index is 12.2. The van der Waals surface area contributed by atoms with Crippen molar-refractivity contribution in [2.45, 2.75) is 51.1 Å². The van der Waals surface area contributed by atoms with Crippen LogP contribution in [0.15, 0.2) is 30.3 Å². The molecule has 1 atom stereocenters. The van der Waals surface area contributed by atoms with Crippen molar-refractivity contribution in [3.05, 3.63) is 35.9 Å². The number of benzene rings is 1. The van der Waals surface area contributed by atoms with Crippen molar-refractivity contribution in [1.82, 2.24) is 10.2 Å². The lowest BCUT2D eigenvalue weighted by molar-refractivity contribution is -0.123. The van der Waals surface area contributed by atoms with Crippen LogP contribution in [0.1, 0.15) is 38.2 Å². The largest absolute Gasteiger partial charge is 0.352 e. The van der Waals surface area contributed by atoms with Gasteiger partial charge in [-0.05, 0) is 37.8 Å². The Balaban J connectivity index is 1.71. The molecular weight excluding hydrogens is 274 g/mol. The molecule has 0 spiro atoms. The third kappa shape index (κ3) is 5.43. The second-order valence-electron chi connectivity index (χ2n) is 6.27. The number of nitrogens with one attached hydrogen (secondary N) is 1. The minimum atomic E-state index is -0.458. The van der Waals surface area contributed by atoms with Gasteiger partial charge < -0.3 is 16.0 Å². The van der Waals surface area contributed by atoms with E-state index in [1.54, 1.807) is 0 Å². The van der Waals surface area contributed by atoms with Crippen molar-refractivity contribution in [1.29, 1.82) is 0 Å². The monoisotopic (exact) mass is 303 g/mol. The number of rotatable bonds is 7. The minimum absolute atomic E-state index is 0.0177. The number of carbonyl (C=O) groups excluding carboxylic acids is 1. The van der Waals surface area contributed by atoms with Gasteiger partial charge in [0.1, 0.15) is 0 Å². The number of unbranched alkanes of at least 4 members (excludes halogenated alkanes) is 1. The van der Waals surface area contributed by atoms with E-state index in [9.17, 15) is 4.79 Å². The molecule has 1 aromatic rings. The van der Waals surface area contributed by atoms with E-state index in [1.807, 2.05) is 30.3 Å². The standard InChI is InChI=1S/C18H29N3O/c1-2-3-11-21-12-9-16(10-13-21)20-18(22)17(19)14-15-7-5-4-6-8-15/h4-8,16-17H,2-3,9-14,19H2,1H3,(H,20,22). The zero-order valence-corrected chi connectivity index (χ0v) is 13.6. The number of amides is 1. The predicted octanol–water partition coefficient (Wildman–Crippen LogP) is 1.94. The second kappa shape index (κ2) is 8.91. The van der Waals surface area contributed by atoms with Gasteiger partial charge in [-0.15, -0.1) is 0 Å². The highest BCUT2D eigenvalue weighted by Crippen LogP contribution is 2.11. The van der Waals surface area contributed by atoms with Gasteiger partial charge in [0, 0.05) is 19.1 Å². The Hall–Kier alpha value is -1.39. The summed E-state index contributed by atoms with van der Waals surface area (Å²) in [6.45, 7) is 5.57. The Morgan fingerprint density at radius 3 is 2.64 bits per heavy atom. The van der Waals surface area contributed by atoms with Crippen molar-refractivity contribution in [3.63, 3.8) is 0 Å². The van der Waals surface area contributed by atoms with Gasteiger partial charge in [-0.1, -0.05) is 43.7 Å². The summed E-state index contributed by atoms with van der Waals surface area (Å²) in [7, 11) is 0. The van der Waals surface area contributed by atoms with E-state index in [4.69, 9.17) is 5.73 Å². The molecule has 2 rings (SSSR count). The molecule has 1 unspecified atom stereocenters. The Kier molecular flexibility index (Phi) is 6.87. The first-order valence-corrected chi connectivity index (χ1v) is 8.51. The molecule has 0 bridgehead atoms. The molecule has 0 radical (unpaired) electrons. The summed E-state index contributed by atoms with van der Waals surface area (Å²) in [5, 5.41) is 3.12. The van der Waals surface area contributed by atoms with E-state index >= 15 is 0 Å². The van der Waals surface area contributed by atoms with Gasteiger partial charge in [0.15, 0.2) is 0 Å². The molecule has 1 aliphatic rings. The normalized spacial score (nSPS) is 18.1. The molecule has 1 fully saturated rings. The van der Waals surface area contributed by atoms with E-state index in [0.29, 0.717) is 6.42 Å². The molecule has 4 heteroatoms. The van der Waals surface area contributed by atoms with E-state index in [-0.39, 0.29) is 11.9 Å². The molecule has 1 aromatic carbocycles.